The fraction of sp³-hybridized carbons (Fsp3) is 0.417. The van der Waals surface area contributed by atoms with E-state index in [-0.39, 0.29) is 11.2 Å². The van der Waals surface area contributed by atoms with Crippen LogP contribution in [-0.2, 0) is 14.6 Å². The standard InChI is InChI=1S/C12H15NO3S2/c1-9(14)13-10-2-4-11(5-3-10)18(15,16)12-6-7-17-8-12/h2-5,12H,6-8H2,1H3,(H,13,14). The van der Waals surface area contributed by atoms with Gasteiger partial charge in [-0.1, -0.05) is 0 Å². The molecule has 0 bridgehead atoms. The molecule has 1 fully saturated rings. The summed E-state index contributed by atoms with van der Waals surface area (Å²) in [6.45, 7) is 1.42. The van der Waals surface area contributed by atoms with Crippen molar-refractivity contribution >= 4 is 33.2 Å². The van der Waals surface area contributed by atoms with Gasteiger partial charge in [0, 0.05) is 18.4 Å². The molecule has 98 valence electrons. The van der Waals surface area contributed by atoms with E-state index in [2.05, 4.69) is 5.32 Å². The zero-order valence-corrected chi connectivity index (χ0v) is 11.7. The topological polar surface area (TPSA) is 63.2 Å². The smallest absolute Gasteiger partial charge is 0.221 e. The third-order valence-electron chi connectivity index (χ3n) is 2.83. The average molecular weight is 285 g/mol. The first-order chi connectivity index (χ1) is 8.50. The zero-order valence-electron chi connectivity index (χ0n) is 10.0. The van der Waals surface area contributed by atoms with Crippen LogP contribution in [0.25, 0.3) is 0 Å². The van der Waals surface area contributed by atoms with E-state index in [1.165, 1.54) is 6.92 Å². The van der Waals surface area contributed by atoms with Gasteiger partial charge in [-0.15, -0.1) is 0 Å². The monoisotopic (exact) mass is 285 g/mol. The molecule has 1 aromatic rings. The van der Waals surface area contributed by atoms with Crippen LogP contribution in [0.1, 0.15) is 13.3 Å². The van der Waals surface area contributed by atoms with Crippen molar-refractivity contribution in [3.8, 4) is 0 Å². The predicted octanol–water partition coefficient (Wildman–Crippen LogP) is 1.92. The van der Waals surface area contributed by atoms with Crippen LogP contribution in [-0.4, -0.2) is 31.1 Å². The number of benzene rings is 1. The van der Waals surface area contributed by atoms with Crippen molar-refractivity contribution < 1.29 is 13.2 Å². The van der Waals surface area contributed by atoms with Gasteiger partial charge in [0.2, 0.25) is 5.91 Å². The van der Waals surface area contributed by atoms with Crippen LogP contribution in [0.2, 0.25) is 0 Å². The van der Waals surface area contributed by atoms with Crippen LogP contribution >= 0.6 is 11.8 Å². The van der Waals surface area contributed by atoms with Crippen molar-refractivity contribution in [1.29, 1.82) is 0 Å². The normalized spacial score (nSPS) is 19.7. The maximum Gasteiger partial charge on any atom is 0.221 e. The first-order valence-corrected chi connectivity index (χ1v) is 8.39. The van der Waals surface area contributed by atoms with Crippen molar-refractivity contribution in [1.82, 2.24) is 0 Å². The summed E-state index contributed by atoms with van der Waals surface area (Å²) in [5.74, 6) is 1.42. The van der Waals surface area contributed by atoms with Gasteiger partial charge in [0.05, 0.1) is 10.1 Å². The Morgan fingerprint density at radius 1 is 1.33 bits per heavy atom. The molecule has 1 heterocycles. The third-order valence-corrected chi connectivity index (χ3v) is 6.41. The summed E-state index contributed by atoms with van der Waals surface area (Å²) in [6.07, 6.45) is 0.723. The second-order valence-corrected chi connectivity index (χ2v) is 7.61. The maximum absolute atomic E-state index is 12.3. The molecule has 2 rings (SSSR count). The molecular weight excluding hydrogens is 270 g/mol. The number of carbonyl (C=O) groups is 1. The van der Waals surface area contributed by atoms with Gasteiger partial charge in [-0.25, -0.2) is 8.42 Å². The summed E-state index contributed by atoms with van der Waals surface area (Å²) < 4.78 is 24.5. The van der Waals surface area contributed by atoms with Crippen LogP contribution < -0.4 is 5.32 Å². The number of carbonyl (C=O) groups excluding carboxylic acids is 1. The molecule has 0 saturated carbocycles. The van der Waals surface area contributed by atoms with E-state index >= 15 is 0 Å². The highest BCUT2D eigenvalue weighted by Crippen LogP contribution is 2.28. The van der Waals surface area contributed by atoms with Gasteiger partial charge in [-0.2, -0.15) is 11.8 Å². The largest absolute Gasteiger partial charge is 0.326 e. The predicted molar refractivity (Wildman–Crippen MR) is 73.7 cm³/mol. The Morgan fingerprint density at radius 3 is 2.50 bits per heavy atom. The van der Waals surface area contributed by atoms with Crippen LogP contribution in [0.5, 0.6) is 0 Å². The van der Waals surface area contributed by atoms with Crippen molar-refractivity contribution in [2.45, 2.75) is 23.5 Å². The summed E-state index contributed by atoms with van der Waals surface area (Å²) in [5, 5.41) is 2.35. The molecule has 1 aliphatic heterocycles. The molecule has 18 heavy (non-hydrogen) atoms. The minimum absolute atomic E-state index is 0.169. The molecule has 1 unspecified atom stereocenters. The van der Waals surface area contributed by atoms with Crippen molar-refractivity contribution in [2.75, 3.05) is 16.8 Å². The number of amides is 1. The summed E-state index contributed by atoms with van der Waals surface area (Å²) in [5.41, 5.74) is 0.613. The van der Waals surface area contributed by atoms with Gasteiger partial charge in [0.25, 0.3) is 0 Å². The van der Waals surface area contributed by atoms with E-state index in [9.17, 15) is 13.2 Å². The summed E-state index contributed by atoms with van der Waals surface area (Å²) in [7, 11) is -3.22. The number of thioether (sulfide) groups is 1. The van der Waals surface area contributed by atoms with E-state index in [4.69, 9.17) is 0 Å². The molecule has 0 spiro atoms. The maximum atomic E-state index is 12.3. The van der Waals surface area contributed by atoms with E-state index in [1.54, 1.807) is 36.0 Å². The molecule has 0 aromatic heterocycles. The molecule has 4 nitrogen and oxygen atoms in total. The van der Waals surface area contributed by atoms with Crippen LogP contribution in [0.3, 0.4) is 0 Å². The SMILES string of the molecule is CC(=O)Nc1ccc(S(=O)(=O)C2CCSC2)cc1. The minimum atomic E-state index is -3.22. The molecule has 1 saturated heterocycles. The molecule has 0 aliphatic carbocycles. The number of nitrogens with one attached hydrogen (secondary N) is 1. The fourth-order valence-corrected chi connectivity index (χ4v) is 5.41. The average Bonchev–Trinajstić information content (AvgIpc) is 2.83. The lowest BCUT2D eigenvalue weighted by molar-refractivity contribution is -0.114. The Balaban J connectivity index is 2.20. The molecule has 6 heteroatoms. The lowest BCUT2D eigenvalue weighted by atomic mass is 10.3. The summed E-state index contributed by atoms with van der Waals surface area (Å²) in [6, 6.07) is 6.36. The van der Waals surface area contributed by atoms with Crippen LogP contribution in [0.15, 0.2) is 29.2 Å². The second kappa shape index (κ2) is 5.32. The molecule has 1 aliphatic rings. The Morgan fingerprint density at radius 2 is 2.00 bits per heavy atom. The van der Waals surface area contributed by atoms with Crippen molar-refractivity contribution in [3.05, 3.63) is 24.3 Å². The van der Waals surface area contributed by atoms with Crippen LogP contribution in [0, 0.1) is 0 Å². The molecule has 0 radical (unpaired) electrons. The van der Waals surface area contributed by atoms with Gasteiger partial charge in [0.1, 0.15) is 0 Å². The second-order valence-electron chi connectivity index (χ2n) is 4.24. The Labute approximate surface area is 111 Å². The fourth-order valence-electron chi connectivity index (χ4n) is 1.88. The highest BCUT2D eigenvalue weighted by molar-refractivity contribution is 8.01. The van der Waals surface area contributed by atoms with Crippen molar-refractivity contribution in [3.63, 3.8) is 0 Å². The van der Waals surface area contributed by atoms with Gasteiger partial charge in [-0.3, -0.25) is 4.79 Å². The third kappa shape index (κ3) is 2.87. The zero-order chi connectivity index (χ0) is 13.2. The Bertz CT molecular complexity index is 531. The Kier molecular flexibility index (Phi) is 3.97. The molecule has 1 N–H and O–H groups in total. The lowest BCUT2D eigenvalue weighted by Crippen LogP contribution is -2.20. The summed E-state index contributed by atoms with van der Waals surface area (Å²) in [4.78, 5) is 11.2. The highest BCUT2D eigenvalue weighted by Gasteiger charge is 2.30. The number of anilines is 1. The molecule has 1 atom stereocenters. The summed E-state index contributed by atoms with van der Waals surface area (Å²) >= 11 is 1.68. The van der Waals surface area contributed by atoms with E-state index < -0.39 is 9.84 Å². The first-order valence-electron chi connectivity index (χ1n) is 5.69. The van der Waals surface area contributed by atoms with Crippen LogP contribution in [0.4, 0.5) is 5.69 Å². The Hall–Kier alpha value is -1.01. The number of hydrogen-bond donors (Lipinski definition) is 1. The number of sulfone groups is 1. The van der Waals surface area contributed by atoms with Gasteiger partial charge < -0.3 is 5.32 Å². The number of hydrogen-bond acceptors (Lipinski definition) is 4. The first kappa shape index (κ1) is 13.4. The molecular formula is C12H15NO3S2. The highest BCUT2D eigenvalue weighted by atomic mass is 32.2. The quantitative estimate of drug-likeness (QED) is 0.921. The van der Waals surface area contributed by atoms with Gasteiger partial charge in [-0.05, 0) is 36.4 Å². The van der Waals surface area contributed by atoms with E-state index in [0.717, 1.165) is 12.2 Å². The van der Waals surface area contributed by atoms with E-state index in [0.29, 0.717) is 16.3 Å². The van der Waals surface area contributed by atoms with Gasteiger partial charge in [0.15, 0.2) is 9.84 Å². The minimum Gasteiger partial charge on any atom is -0.326 e. The van der Waals surface area contributed by atoms with Crippen molar-refractivity contribution in [2.24, 2.45) is 0 Å². The van der Waals surface area contributed by atoms with Gasteiger partial charge >= 0.3 is 0 Å². The lowest BCUT2D eigenvalue weighted by Gasteiger charge is -2.11. The van der Waals surface area contributed by atoms with E-state index in [1.807, 2.05) is 0 Å². The number of rotatable bonds is 3. The molecule has 1 aromatic carbocycles. The molecule has 1 amide bonds.